The summed E-state index contributed by atoms with van der Waals surface area (Å²) >= 11 is 0.949. The smallest absolute Gasteiger partial charge is 0.356 e. The fourth-order valence-electron chi connectivity index (χ4n) is 1.67. The highest BCUT2D eigenvalue weighted by Gasteiger charge is 2.33. The molecule has 0 aromatic carbocycles. The van der Waals surface area contributed by atoms with E-state index in [1.807, 2.05) is 0 Å². The number of hydrogen-bond donors (Lipinski definition) is 2. The molecule has 1 aromatic rings. The first-order valence-corrected chi connectivity index (χ1v) is 10.1. The molecule has 26 heavy (non-hydrogen) atoms. The average molecular weight is 528 g/mol. The molecule has 0 bridgehead atoms. The Bertz CT molecular complexity index is 698. The van der Waals surface area contributed by atoms with Crippen molar-refractivity contribution >= 4 is 51.1 Å². The molecule has 152 valence electrons. The SMILES string of the molecule is CN=C(NCCc1nc(C(F)(F)F)cs1)NCCS(=O)(=O)C(C)(C)C.I. The second kappa shape index (κ2) is 10.1. The lowest BCUT2D eigenvalue weighted by atomic mass is 10.3. The van der Waals surface area contributed by atoms with Crippen molar-refractivity contribution in [2.75, 3.05) is 25.9 Å². The molecular weight excluding hydrogens is 504 g/mol. The van der Waals surface area contributed by atoms with Gasteiger partial charge in [-0.05, 0) is 20.8 Å². The molecule has 2 N–H and O–H groups in total. The average Bonchev–Trinajstić information content (AvgIpc) is 2.93. The number of sulfone groups is 1. The number of nitrogens with one attached hydrogen (secondary N) is 2. The zero-order valence-electron chi connectivity index (χ0n) is 15.0. The first-order valence-electron chi connectivity index (χ1n) is 7.55. The van der Waals surface area contributed by atoms with Crippen LogP contribution in [-0.4, -0.2) is 50.0 Å². The first-order chi connectivity index (χ1) is 11.4. The number of rotatable bonds is 6. The normalized spacial score (nSPS) is 13.3. The number of aliphatic imine (C=N–C) groups is 1. The fourth-order valence-corrected chi connectivity index (χ4v) is 3.46. The van der Waals surface area contributed by atoms with Gasteiger partial charge in [-0.15, -0.1) is 35.3 Å². The van der Waals surface area contributed by atoms with Crippen LogP contribution in [0.4, 0.5) is 13.2 Å². The van der Waals surface area contributed by atoms with Crippen LogP contribution in [0.15, 0.2) is 10.4 Å². The van der Waals surface area contributed by atoms with Gasteiger partial charge in [0.05, 0.1) is 15.5 Å². The molecule has 1 heterocycles. The molecule has 0 aliphatic rings. The van der Waals surface area contributed by atoms with E-state index in [0.29, 0.717) is 23.9 Å². The van der Waals surface area contributed by atoms with Crippen molar-refractivity contribution in [2.45, 2.75) is 38.1 Å². The maximum atomic E-state index is 12.5. The minimum Gasteiger partial charge on any atom is -0.356 e. The van der Waals surface area contributed by atoms with Crippen LogP contribution in [0.2, 0.25) is 0 Å². The summed E-state index contributed by atoms with van der Waals surface area (Å²) in [6.07, 6.45) is -4.12. The third-order valence-corrected chi connectivity index (χ3v) is 6.81. The Hall–Kier alpha value is -0.630. The summed E-state index contributed by atoms with van der Waals surface area (Å²) in [6, 6.07) is 0. The number of alkyl halides is 3. The summed E-state index contributed by atoms with van der Waals surface area (Å²) in [6.45, 7) is 5.43. The molecule has 0 aliphatic heterocycles. The molecule has 6 nitrogen and oxygen atoms in total. The van der Waals surface area contributed by atoms with Gasteiger partial charge in [0, 0.05) is 31.9 Å². The summed E-state index contributed by atoms with van der Waals surface area (Å²) in [4.78, 5) is 7.49. The van der Waals surface area contributed by atoms with Crippen LogP contribution in [0.1, 0.15) is 31.5 Å². The Balaban J connectivity index is 0.00000625. The largest absolute Gasteiger partial charge is 0.434 e. The van der Waals surface area contributed by atoms with E-state index in [0.717, 1.165) is 16.7 Å². The van der Waals surface area contributed by atoms with Crippen molar-refractivity contribution in [3.63, 3.8) is 0 Å². The maximum absolute atomic E-state index is 12.5. The fraction of sp³-hybridized carbons (Fsp3) is 0.714. The van der Waals surface area contributed by atoms with Gasteiger partial charge in [-0.2, -0.15) is 13.2 Å². The molecule has 0 amide bonds. The molecular formula is C14H24F3IN4O2S2. The number of nitrogens with zero attached hydrogens (tertiary/aromatic N) is 2. The second-order valence-corrected chi connectivity index (χ2v) is 10.0. The number of guanidine groups is 1. The van der Waals surface area contributed by atoms with Gasteiger partial charge in [-0.1, -0.05) is 0 Å². The van der Waals surface area contributed by atoms with E-state index in [9.17, 15) is 21.6 Å². The number of hydrogen-bond acceptors (Lipinski definition) is 5. The molecule has 0 unspecified atom stereocenters. The van der Waals surface area contributed by atoms with Crippen molar-refractivity contribution < 1.29 is 21.6 Å². The van der Waals surface area contributed by atoms with Gasteiger partial charge in [0.25, 0.3) is 0 Å². The van der Waals surface area contributed by atoms with E-state index < -0.39 is 26.5 Å². The third-order valence-electron chi connectivity index (χ3n) is 3.29. The predicted molar refractivity (Wildman–Crippen MR) is 109 cm³/mol. The van der Waals surface area contributed by atoms with Crippen molar-refractivity contribution in [1.29, 1.82) is 0 Å². The van der Waals surface area contributed by atoms with Gasteiger partial charge in [0.15, 0.2) is 21.5 Å². The van der Waals surface area contributed by atoms with Crippen molar-refractivity contribution in [3.8, 4) is 0 Å². The van der Waals surface area contributed by atoms with Crippen LogP contribution in [-0.2, 0) is 22.4 Å². The lowest BCUT2D eigenvalue weighted by Gasteiger charge is -2.19. The predicted octanol–water partition coefficient (Wildman–Crippen LogP) is 2.70. The second-order valence-electron chi connectivity index (χ2n) is 6.23. The van der Waals surface area contributed by atoms with Gasteiger partial charge < -0.3 is 10.6 Å². The quantitative estimate of drug-likeness (QED) is 0.337. The van der Waals surface area contributed by atoms with E-state index in [2.05, 4.69) is 20.6 Å². The topological polar surface area (TPSA) is 83.4 Å². The summed E-state index contributed by atoms with van der Waals surface area (Å²) in [5, 5.41) is 7.15. The minimum absolute atomic E-state index is 0. The Labute approximate surface area is 173 Å². The monoisotopic (exact) mass is 528 g/mol. The van der Waals surface area contributed by atoms with Crippen LogP contribution in [0, 0.1) is 0 Å². The molecule has 0 fully saturated rings. The van der Waals surface area contributed by atoms with Gasteiger partial charge in [0.2, 0.25) is 0 Å². The van der Waals surface area contributed by atoms with Gasteiger partial charge in [0.1, 0.15) is 0 Å². The number of halogens is 4. The highest BCUT2D eigenvalue weighted by molar-refractivity contribution is 14.0. The highest BCUT2D eigenvalue weighted by atomic mass is 127. The van der Waals surface area contributed by atoms with Crippen LogP contribution in [0.5, 0.6) is 0 Å². The van der Waals surface area contributed by atoms with Crippen LogP contribution in [0.3, 0.4) is 0 Å². The Kier molecular flexibility index (Phi) is 9.82. The molecule has 0 aliphatic carbocycles. The summed E-state index contributed by atoms with van der Waals surface area (Å²) in [7, 11) is -1.71. The van der Waals surface area contributed by atoms with Crippen LogP contribution < -0.4 is 10.6 Å². The van der Waals surface area contributed by atoms with Crippen molar-refractivity contribution in [1.82, 2.24) is 15.6 Å². The number of thiazole rings is 1. The molecule has 12 heteroatoms. The molecule has 0 saturated heterocycles. The van der Waals surface area contributed by atoms with Crippen molar-refractivity contribution in [3.05, 3.63) is 16.1 Å². The molecule has 0 atom stereocenters. The molecule has 0 saturated carbocycles. The standard InChI is InChI=1S/C14H23F3N4O2S2.HI/c1-13(2,3)25(22,23)8-7-20-12(18-4)19-6-5-11-21-10(9-24-11)14(15,16)17;/h9H,5-8H2,1-4H3,(H2,18,19,20);1H. The van der Waals surface area contributed by atoms with Crippen molar-refractivity contribution in [2.24, 2.45) is 4.99 Å². The van der Waals surface area contributed by atoms with Gasteiger partial charge in [-0.3, -0.25) is 4.99 Å². The Morgan fingerprint density at radius 3 is 2.27 bits per heavy atom. The maximum Gasteiger partial charge on any atom is 0.434 e. The van der Waals surface area contributed by atoms with E-state index in [1.54, 1.807) is 20.8 Å². The summed E-state index contributed by atoms with van der Waals surface area (Å²) in [5.74, 6) is 0.343. The number of aromatic nitrogens is 1. The lowest BCUT2D eigenvalue weighted by molar-refractivity contribution is -0.140. The molecule has 0 radical (unpaired) electrons. The van der Waals surface area contributed by atoms with Crippen LogP contribution in [0.25, 0.3) is 0 Å². The highest BCUT2D eigenvalue weighted by Crippen LogP contribution is 2.29. The lowest BCUT2D eigenvalue weighted by Crippen LogP contribution is -2.42. The van der Waals surface area contributed by atoms with Gasteiger partial charge >= 0.3 is 6.18 Å². The summed E-state index contributed by atoms with van der Waals surface area (Å²) in [5.41, 5.74) is -0.887. The van der Waals surface area contributed by atoms with Crippen LogP contribution >= 0.6 is 35.3 Å². The minimum atomic E-state index is -4.43. The Morgan fingerprint density at radius 1 is 1.23 bits per heavy atom. The molecule has 1 rings (SSSR count). The third kappa shape index (κ3) is 7.94. The molecule has 1 aromatic heterocycles. The summed E-state index contributed by atoms with van der Waals surface area (Å²) < 4.78 is 60.6. The zero-order valence-corrected chi connectivity index (χ0v) is 18.9. The van der Waals surface area contributed by atoms with E-state index in [1.165, 1.54) is 7.05 Å². The molecule has 0 spiro atoms. The Morgan fingerprint density at radius 2 is 1.81 bits per heavy atom. The van der Waals surface area contributed by atoms with Gasteiger partial charge in [-0.25, -0.2) is 13.4 Å². The van der Waals surface area contributed by atoms with E-state index >= 15 is 0 Å². The first kappa shape index (κ1) is 25.4. The zero-order chi connectivity index (χ0) is 19.3. The van der Waals surface area contributed by atoms with E-state index in [4.69, 9.17) is 0 Å². The van der Waals surface area contributed by atoms with E-state index in [-0.39, 0.29) is 36.3 Å².